The maximum absolute atomic E-state index is 5.80. The summed E-state index contributed by atoms with van der Waals surface area (Å²) in [4.78, 5) is 0. The average molecular weight is 244 g/mol. The van der Waals surface area contributed by atoms with Gasteiger partial charge in [0.05, 0.1) is 0 Å². The van der Waals surface area contributed by atoms with Gasteiger partial charge < -0.3 is 8.85 Å². The number of allylic oxidation sites excluding steroid dienone is 1. The summed E-state index contributed by atoms with van der Waals surface area (Å²) in [5.74, 6) is 0. The van der Waals surface area contributed by atoms with Gasteiger partial charge >= 0.3 is 8.56 Å². The van der Waals surface area contributed by atoms with E-state index in [9.17, 15) is 0 Å². The summed E-state index contributed by atoms with van der Waals surface area (Å²) in [6.07, 6.45) is 8.24. The minimum Gasteiger partial charge on any atom is -0.395 e. The Morgan fingerprint density at radius 3 is 2.06 bits per heavy atom. The molecule has 16 heavy (non-hydrogen) atoms. The van der Waals surface area contributed by atoms with Crippen molar-refractivity contribution in [3.63, 3.8) is 0 Å². The number of unbranched alkanes of at least 4 members (excludes halogenated alkanes) is 4. The molecule has 0 unspecified atom stereocenters. The molecular formula is C13H28O2Si. The third kappa shape index (κ3) is 8.08. The van der Waals surface area contributed by atoms with Crippen LogP contribution in [-0.4, -0.2) is 21.8 Å². The van der Waals surface area contributed by atoms with Crippen molar-refractivity contribution in [2.24, 2.45) is 0 Å². The van der Waals surface area contributed by atoms with E-state index in [1.54, 1.807) is 0 Å². The quantitative estimate of drug-likeness (QED) is 0.307. The van der Waals surface area contributed by atoms with Gasteiger partial charge in [0, 0.05) is 13.2 Å². The highest BCUT2D eigenvalue weighted by Gasteiger charge is 2.29. The predicted octanol–water partition coefficient (Wildman–Crippen LogP) is 4.27. The molecule has 0 rings (SSSR count). The first kappa shape index (κ1) is 15.9. The van der Waals surface area contributed by atoms with Crippen LogP contribution >= 0.6 is 0 Å². The molecule has 0 saturated carbocycles. The molecule has 0 aliphatic heterocycles. The third-order valence-corrected chi connectivity index (χ3v) is 5.75. The molecule has 3 heteroatoms. The smallest absolute Gasteiger partial charge is 0.334 e. The highest BCUT2D eigenvalue weighted by Crippen LogP contribution is 2.18. The van der Waals surface area contributed by atoms with Crippen LogP contribution in [-0.2, 0) is 8.85 Å². The molecule has 0 spiro atoms. The first-order valence-corrected chi connectivity index (χ1v) is 9.09. The summed E-state index contributed by atoms with van der Waals surface area (Å²) < 4.78 is 11.6. The summed E-state index contributed by atoms with van der Waals surface area (Å²) in [7, 11) is -1.84. The first-order valence-electron chi connectivity index (χ1n) is 6.57. The molecule has 0 N–H and O–H groups in total. The van der Waals surface area contributed by atoms with Crippen molar-refractivity contribution < 1.29 is 8.85 Å². The van der Waals surface area contributed by atoms with Gasteiger partial charge in [0.2, 0.25) is 0 Å². The van der Waals surface area contributed by atoms with Gasteiger partial charge in [0.25, 0.3) is 0 Å². The van der Waals surface area contributed by atoms with E-state index in [0.717, 1.165) is 25.7 Å². The molecule has 0 amide bonds. The van der Waals surface area contributed by atoms with E-state index in [1.807, 2.05) is 19.9 Å². The fourth-order valence-electron chi connectivity index (χ4n) is 1.88. The molecule has 0 fully saturated rings. The van der Waals surface area contributed by atoms with Gasteiger partial charge in [-0.25, -0.2) is 0 Å². The second-order valence-electron chi connectivity index (χ2n) is 4.24. The lowest BCUT2D eigenvalue weighted by Crippen LogP contribution is -2.38. The molecule has 0 aromatic carbocycles. The normalized spacial score (nSPS) is 11.7. The van der Waals surface area contributed by atoms with Gasteiger partial charge in [-0.2, -0.15) is 0 Å². The molecule has 0 aromatic heterocycles. The Kier molecular flexibility index (Phi) is 9.98. The minimum atomic E-state index is -1.84. The summed E-state index contributed by atoms with van der Waals surface area (Å²) in [5.41, 5.74) is 0. The Balaban J connectivity index is 3.63. The van der Waals surface area contributed by atoms with E-state index in [2.05, 4.69) is 13.1 Å². The summed E-state index contributed by atoms with van der Waals surface area (Å²) >= 11 is 0. The molecule has 0 atom stereocenters. The zero-order valence-corrected chi connectivity index (χ0v) is 12.3. The summed E-state index contributed by atoms with van der Waals surface area (Å²) in [6, 6.07) is 1.13. The maximum atomic E-state index is 5.80. The highest BCUT2D eigenvalue weighted by molar-refractivity contribution is 6.66. The lowest BCUT2D eigenvalue weighted by Gasteiger charge is -2.25. The third-order valence-electron chi connectivity index (χ3n) is 2.69. The zero-order chi connectivity index (χ0) is 12.3. The van der Waals surface area contributed by atoms with Crippen LogP contribution in [0.1, 0.15) is 46.0 Å². The highest BCUT2D eigenvalue weighted by atomic mass is 28.4. The van der Waals surface area contributed by atoms with E-state index >= 15 is 0 Å². The van der Waals surface area contributed by atoms with Gasteiger partial charge in [-0.1, -0.05) is 25.3 Å². The Morgan fingerprint density at radius 2 is 1.56 bits per heavy atom. The topological polar surface area (TPSA) is 18.5 Å². The van der Waals surface area contributed by atoms with E-state index < -0.39 is 8.56 Å². The van der Waals surface area contributed by atoms with Crippen LogP contribution in [0.15, 0.2) is 12.7 Å². The molecule has 0 aliphatic rings. The van der Waals surface area contributed by atoms with Gasteiger partial charge in [-0.3, -0.25) is 0 Å². The molecule has 0 saturated heterocycles. The van der Waals surface area contributed by atoms with Crippen LogP contribution < -0.4 is 0 Å². The average Bonchev–Trinajstić information content (AvgIpc) is 2.24. The fraction of sp³-hybridized carbons (Fsp3) is 0.846. The van der Waals surface area contributed by atoms with Crippen molar-refractivity contribution >= 4 is 8.56 Å². The van der Waals surface area contributed by atoms with Gasteiger partial charge in [0.1, 0.15) is 0 Å². The lowest BCUT2D eigenvalue weighted by atomic mass is 10.1. The molecule has 0 heterocycles. The molecule has 0 aromatic rings. The van der Waals surface area contributed by atoms with Crippen LogP contribution in [0.25, 0.3) is 0 Å². The van der Waals surface area contributed by atoms with Crippen LogP contribution in [0.4, 0.5) is 0 Å². The van der Waals surface area contributed by atoms with E-state index in [4.69, 9.17) is 8.85 Å². The number of hydrogen-bond acceptors (Lipinski definition) is 2. The SMILES string of the molecule is C=CCCCCCC[Si](C)(OCC)OCC. The van der Waals surface area contributed by atoms with Crippen molar-refractivity contribution in [1.29, 1.82) is 0 Å². The number of hydrogen-bond donors (Lipinski definition) is 0. The van der Waals surface area contributed by atoms with Crippen molar-refractivity contribution in [3.8, 4) is 0 Å². The largest absolute Gasteiger partial charge is 0.395 e. The molecule has 2 nitrogen and oxygen atoms in total. The minimum absolute atomic E-state index is 0.777. The molecule has 0 aliphatic carbocycles. The standard InChI is InChI=1S/C13H28O2Si/c1-5-8-9-10-11-12-13-16(4,14-6-2)15-7-3/h5H,1,6-13H2,2-4H3. The van der Waals surface area contributed by atoms with Crippen molar-refractivity contribution in [1.82, 2.24) is 0 Å². The molecule has 0 bridgehead atoms. The summed E-state index contributed by atoms with van der Waals surface area (Å²) in [5, 5.41) is 0. The van der Waals surface area contributed by atoms with Crippen molar-refractivity contribution in [3.05, 3.63) is 12.7 Å². The van der Waals surface area contributed by atoms with Gasteiger partial charge in [-0.15, -0.1) is 6.58 Å². The molecular weight excluding hydrogens is 216 g/mol. The van der Waals surface area contributed by atoms with Crippen LogP contribution in [0, 0.1) is 0 Å². The van der Waals surface area contributed by atoms with Crippen LogP contribution in [0.2, 0.25) is 12.6 Å². The monoisotopic (exact) mass is 244 g/mol. The zero-order valence-electron chi connectivity index (χ0n) is 11.3. The van der Waals surface area contributed by atoms with E-state index in [0.29, 0.717) is 0 Å². The first-order chi connectivity index (χ1) is 7.68. The Bertz CT molecular complexity index is 165. The Hall–Kier alpha value is -0.123. The van der Waals surface area contributed by atoms with Crippen LogP contribution in [0.5, 0.6) is 0 Å². The molecule has 0 radical (unpaired) electrons. The number of rotatable bonds is 11. The second-order valence-corrected chi connectivity index (χ2v) is 7.59. The Morgan fingerprint density at radius 1 is 1.00 bits per heavy atom. The Labute approximate surface area is 102 Å². The second kappa shape index (κ2) is 10.1. The van der Waals surface area contributed by atoms with Crippen molar-refractivity contribution in [2.45, 2.75) is 58.5 Å². The predicted molar refractivity (Wildman–Crippen MR) is 73.0 cm³/mol. The maximum Gasteiger partial charge on any atom is 0.334 e. The van der Waals surface area contributed by atoms with E-state index in [-0.39, 0.29) is 0 Å². The van der Waals surface area contributed by atoms with Crippen molar-refractivity contribution in [2.75, 3.05) is 13.2 Å². The van der Waals surface area contributed by atoms with Gasteiger partial charge in [0.15, 0.2) is 0 Å². The lowest BCUT2D eigenvalue weighted by molar-refractivity contribution is 0.188. The van der Waals surface area contributed by atoms with E-state index in [1.165, 1.54) is 25.7 Å². The van der Waals surface area contributed by atoms with Gasteiger partial charge in [-0.05, 0) is 39.3 Å². The molecule has 96 valence electrons. The van der Waals surface area contributed by atoms with Crippen LogP contribution in [0.3, 0.4) is 0 Å². The summed E-state index contributed by atoms with van der Waals surface area (Å²) in [6.45, 7) is 11.6. The fourth-order valence-corrected chi connectivity index (χ4v) is 4.37.